The largest absolute Gasteiger partial charge is 0.423 e. The van der Waals surface area contributed by atoms with E-state index < -0.39 is 22.4 Å². The number of aliphatic hydroxyl groups excluding tert-OH is 1. The zero-order valence-electron chi connectivity index (χ0n) is 10.4. The molecule has 2 rings (SSSR count). The lowest BCUT2D eigenvalue weighted by Gasteiger charge is -2.24. The zero-order valence-corrected chi connectivity index (χ0v) is 10.4. The Morgan fingerprint density at radius 1 is 1.40 bits per heavy atom. The monoisotopic (exact) mass is 290 g/mol. The maximum Gasteiger partial charge on any atom is 0.423 e. The minimum absolute atomic E-state index is 0.102. The summed E-state index contributed by atoms with van der Waals surface area (Å²) in [6.45, 7) is 0.0224. The number of rotatable bonds is 5. The molecule has 1 fully saturated rings. The van der Waals surface area contributed by atoms with E-state index in [9.17, 15) is 23.3 Å². The molecule has 0 aliphatic heterocycles. The number of nitro groups is 1. The van der Waals surface area contributed by atoms with E-state index >= 15 is 0 Å². The third-order valence-electron chi connectivity index (χ3n) is 3.14. The van der Waals surface area contributed by atoms with Crippen molar-refractivity contribution in [3.63, 3.8) is 0 Å². The Labute approximate surface area is 112 Å². The molecule has 1 aliphatic rings. The molecule has 1 N–H and O–H groups in total. The molecule has 1 aromatic carbocycles. The fourth-order valence-electron chi connectivity index (χ4n) is 2.11. The van der Waals surface area contributed by atoms with E-state index in [-0.39, 0.29) is 24.9 Å². The second kappa shape index (κ2) is 5.28. The number of anilines is 1. The lowest BCUT2D eigenvalue weighted by Crippen LogP contribution is -2.29. The molecule has 0 unspecified atom stereocenters. The van der Waals surface area contributed by atoms with Crippen LogP contribution in [-0.2, 0) is 6.18 Å². The van der Waals surface area contributed by atoms with Gasteiger partial charge in [0.1, 0.15) is 5.56 Å². The van der Waals surface area contributed by atoms with Crippen molar-refractivity contribution in [2.75, 3.05) is 18.1 Å². The number of nitro benzene ring substituents is 1. The van der Waals surface area contributed by atoms with Gasteiger partial charge in [0.2, 0.25) is 0 Å². The van der Waals surface area contributed by atoms with Crippen LogP contribution in [0, 0.1) is 10.1 Å². The van der Waals surface area contributed by atoms with Gasteiger partial charge in [0.05, 0.1) is 11.5 Å². The van der Waals surface area contributed by atoms with Crippen LogP contribution in [0.5, 0.6) is 0 Å². The Bertz CT molecular complexity index is 515. The molecule has 1 aliphatic carbocycles. The maximum atomic E-state index is 12.9. The second-order valence-corrected chi connectivity index (χ2v) is 4.60. The van der Waals surface area contributed by atoms with E-state index in [0.717, 1.165) is 25.0 Å². The van der Waals surface area contributed by atoms with Crippen molar-refractivity contribution in [3.8, 4) is 0 Å². The minimum atomic E-state index is -4.78. The standard InChI is InChI=1S/C12H13F3N2O3/c13-12(14,15)10-7-9(3-4-11(10)17(19)20)16(5-6-18)8-1-2-8/h3-4,7-8,18H,1-2,5-6H2. The van der Waals surface area contributed by atoms with E-state index in [1.165, 1.54) is 6.07 Å². The highest BCUT2D eigenvalue weighted by atomic mass is 19.4. The molecular formula is C12H13F3N2O3. The van der Waals surface area contributed by atoms with Crippen molar-refractivity contribution in [2.45, 2.75) is 25.1 Å². The fraction of sp³-hybridized carbons (Fsp3) is 0.500. The van der Waals surface area contributed by atoms with Gasteiger partial charge in [-0.3, -0.25) is 10.1 Å². The molecule has 0 spiro atoms. The molecule has 1 aromatic rings. The summed E-state index contributed by atoms with van der Waals surface area (Å²) >= 11 is 0. The van der Waals surface area contributed by atoms with E-state index in [0.29, 0.717) is 0 Å². The van der Waals surface area contributed by atoms with Crippen LogP contribution in [0.1, 0.15) is 18.4 Å². The Morgan fingerprint density at radius 2 is 2.05 bits per heavy atom. The van der Waals surface area contributed by atoms with E-state index in [2.05, 4.69) is 0 Å². The van der Waals surface area contributed by atoms with Crippen molar-refractivity contribution in [1.82, 2.24) is 0 Å². The van der Waals surface area contributed by atoms with Gasteiger partial charge in [-0.15, -0.1) is 0 Å². The van der Waals surface area contributed by atoms with E-state index in [1.807, 2.05) is 0 Å². The summed E-state index contributed by atoms with van der Waals surface area (Å²) in [5.41, 5.74) is -1.97. The molecule has 0 bridgehead atoms. The van der Waals surface area contributed by atoms with E-state index in [1.54, 1.807) is 4.90 Å². The molecule has 8 heteroatoms. The van der Waals surface area contributed by atoms with Crippen molar-refractivity contribution in [2.24, 2.45) is 0 Å². The number of hydrogen-bond donors (Lipinski definition) is 1. The average Bonchev–Trinajstić information content (AvgIpc) is 3.18. The van der Waals surface area contributed by atoms with E-state index in [4.69, 9.17) is 5.11 Å². The summed E-state index contributed by atoms with van der Waals surface area (Å²) in [4.78, 5) is 11.3. The van der Waals surface area contributed by atoms with Gasteiger partial charge in [0.15, 0.2) is 0 Å². The maximum absolute atomic E-state index is 12.9. The van der Waals surface area contributed by atoms with Gasteiger partial charge in [0, 0.05) is 24.3 Å². The Balaban J connectivity index is 2.43. The smallest absolute Gasteiger partial charge is 0.395 e. The summed E-state index contributed by atoms with van der Waals surface area (Å²) in [6, 6.07) is 3.04. The molecule has 0 heterocycles. The van der Waals surface area contributed by atoms with Crippen molar-refractivity contribution >= 4 is 11.4 Å². The molecular weight excluding hydrogens is 277 g/mol. The molecule has 0 saturated heterocycles. The molecule has 1 saturated carbocycles. The lowest BCUT2D eigenvalue weighted by atomic mass is 10.1. The highest BCUT2D eigenvalue weighted by molar-refractivity contribution is 5.57. The van der Waals surface area contributed by atoms with Crippen LogP contribution in [0.2, 0.25) is 0 Å². The molecule has 20 heavy (non-hydrogen) atoms. The number of halogens is 3. The minimum Gasteiger partial charge on any atom is -0.395 e. The Hall–Kier alpha value is -1.83. The summed E-state index contributed by atoms with van der Waals surface area (Å²) in [7, 11) is 0. The second-order valence-electron chi connectivity index (χ2n) is 4.60. The first kappa shape index (κ1) is 14.6. The summed E-state index contributed by atoms with van der Waals surface area (Å²) in [5.74, 6) is 0. The summed E-state index contributed by atoms with van der Waals surface area (Å²) < 4.78 is 38.6. The van der Waals surface area contributed by atoms with Gasteiger partial charge < -0.3 is 10.0 Å². The average molecular weight is 290 g/mol. The SMILES string of the molecule is O=[N+]([O-])c1ccc(N(CCO)C2CC2)cc1C(F)(F)F. The van der Waals surface area contributed by atoms with Gasteiger partial charge in [0.25, 0.3) is 5.69 Å². The summed E-state index contributed by atoms with van der Waals surface area (Å²) in [5, 5.41) is 19.6. The third-order valence-corrected chi connectivity index (χ3v) is 3.14. The number of benzene rings is 1. The van der Waals surface area contributed by atoms with Crippen LogP contribution >= 0.6 is 0 Å². The zero-order chi connectivity index (χ0) is 14.9. The van der Waals surface area contributed by atoms with Crippen molar-refractivity contribution < 1.29 is 23.2 Å². The number of hydrogen-bond acceptors (Lipinski definition) is 4. The molecule has 0 aromatic heterocycles. The first-order valence-corrected chi connectivity index (χ1v) is 6.07. The van der Waals surface area contributed by atoms with Gasteiger partial charge in [-0.25, -0.2) is 0 Å². The van der Waals surface area contributed by atoms with Crippen LogP contribution in [0.4, 0.5) is 24.5 Å². The van der Waals surface area contributed by atoms with Crippen LogP contribution in [0.25, 0.3) is 0 Å². The fourth-order valence-corrected chi connectivity index (χ4v) is 2.11. The van der Waals surface area contributed by atoms with Crippen LogP contribution < -0.4 is 4.90 Å². The van der Waals surface area contributed by atoms with Gasteiger partial charge in [-0.2, -0.15) is 13.2 Å². The topological polar surface area (TPSA) is 66.6 Å². The highest BCUT2D eigenvalue weighted by Crippen LogP contribution is 2.40. The van der Waals surface area contributed by atoms with Crippen LogP contribution in [0.15, 0.2) is 18.2 Å². The molecule has 0 radical (unpaired) electrons. The highest BCUT2D eigenvalue weighted by Gasteiger charge is 2.39. The molecule has 0 atom stereocenters. The van der Waals surface area contributed by atoms with Crippen LogP contribution in [-0.4, -0.2) is 29.2 Å². The first-order chi connectivity index (χ1) is 9.34. The number of alkyl halides is 3. The normalized spacial score (nSPS) is 15.2. The quantitative estimate of drug-likeness (QED) is 0.668. The number of nitrogens with zero attached hydrogens (tertiary/aromatic N) is 2. The van der Waals surface area contributed by atoms with Crippen LogP contribution in [0.3, 0.4) is 0 Å². The predicted octanol–water partition coefficient (Wildman–Crippen LogP) is 2.57. The Morgan fingerprint density at radius 3 is 2.50 bits per heavy atom. The molecule has 5 nitrogen and oxygen atoms in total. The van der Waals surface area contributed by atoms with Gasteiger partial charge in [-0.05, 0) is 25.0 Å². The van der Waals surface area contributed by atoms with Gasteiger partial charge >= 0.3 is 6.18 Å². The molecule has 110 valence electrons. The third kappa shape index (κ3) is 3.01. The van der Waals surface area contributed by atoms with Crippen molar-refractivity contribution in [3.05, 3.63) is 33.9 Å². The molecule has 0 amide bonds. The Kier molecular flexibility index (Phi) is 3.85. The summed E-state index contributed by atoms with van der Waals surface area (Å²) in [6.07, 6.45) is -3.09. The number of aliphatic hydroxyl groups is 1. The lowest BCUT2D eigenvalue weighted by molar-refractivity contribution is -0.388. The first-order valence-electron chi connectivity index (χ1n) is 6.07. The predicted molar refractivity (Wildman–Crippen MR) is 65.6 cm³/mol. The van der Waals surface area contributed by atoms with Crippen molar-refractivity contribution in [1.29, 1.82) is 0 Å². The van der Waals surface area contributed by atoms with Gasteiger partial charge in [-0.1, -0.05) is 0 Å².